The number of pyridine rings is 1. The molecule has 2 amide bonds. The lowest BCUT2D eigenvalue weighted by molar-refractivity contribution is -0.119. The van der Waals surface area contributed by atoms with Crippen molar-refractivity contribution in [2.45, 2.75) is 58.4 Å². The maximum atomic E-state index is 15.3. The van der Waals surface area contributed by atoms with E-state index in [1.54, 1.807) is 13.1 Å². The molecule has 1 aliphatic carbocycles. The molecule has 6 rings (SSSR count). The van der Waals surface area contributed by atoms with Gasteiger partial charge in [-0.25, -0.2) is 13.2 Å². The molecule has 1 spiro atoms. The number of ether oxygens (including phenoxy) is 1. The van der Waals surface area contributed by atoms with Crippen molar-refractivity contribution >= 4 is 17.5 Å². The second kappa shape index (κ2) is 10.6. The van der Waals surface area contributed by atoms with Gasteiger partial charge < -0.3 is 24.9 Å². The Morgan fingerprint density at radius 1 is 1.09 bits per heavy atom. The van der Waals surface area contributed by atoms with Crippen LogP contribution in [0.2, 0.25) is 0 Å². The fourth-order valence-electron chi connectivity index (χ4n) is 5.98. The number of anilines is 1. The van der Waals surface area contributed by atoms with Gasteiger partial charge in [0.05, 0.1) is 24.2 Å². The monoisotopic (exact) mass is 593 g/mol. The summed E-state index contributed by atoms with van der Waals surface area (Å²) in [7, 11) is 0. The Balaban J connectivity index is 1.38. The average Bonchev–Trinajstić information content (AvgIpc) is 3.38. The molecule has 3 N–H and O–H groups in total. The van der Waals surface area contributed by atoms with Crippen molar-refractivity contribution in [2.75, 3.05) is 11.9 Å². The van der Waals surface area contributed by atoms with Gasteiger partial charge in [-0.2, -0.15) is 0 Å². The number of carbonyl (C=O) groups excluding carboxylic acids is 2. The lowest BCUT2D eigenvalue weighted by atomic mass is 9.75. The Morgan fingerprint density at radius 2 is 1.84 bits per heavy atom. The second-order valence-electron chi connectivity index (χ2n) is 11.7. The summed E-state index contributed by atoms with van der Waals surface area (Å²) >= 11 is 0. The van der Waals surface area contributed by atoms with Crippen LogP contribution in [-0.4, -0.2) is 39.6 Å². The van der Waals surface area contributed by atoms with E-state index in [1.807, 2.05) is 20.8 Å². The summed E-state index contributed by atoms with van der Waals surface area (Å²) in [5, 5.41) is 9.40. The fourth-order valence-corrected chi connectivity index (χ4v) is 5.98. The third-order valence-electron chi connectivity index (χ3n) is 8.37. The van der Waals surface area contributed by atoms with Crippen molar-refractivity contribution < 1.29 is 32.0 Å². The van der Waals surface area contributed by atoms with E-state index in [4.69, 9.17) is 9.26 Å². The molecular weight excluding hydrogens is 563 g/mol. The minimum absolute atomic E-state index is 0.0617. The summed E-state index contributed by atoms with van der Waals surface area (Å²) in [4.78, 5) is 34.9. The standard InChI is InChI=1S/C31H30F3N5O4/c1-14(2)26-19(12-43-39-26)29(40)38-28(25-18-8-20(32)21(33)9-23(18)42-13-31(25)5-6-31)30(41)37-17-7-22(34)27(36-11-17)24-15(3)10-35-16(24)4/h7-12,14,25,28,35H,5-6,13H2,1-4H3,(H,37,41)(H,38,40)/t25?,28-/m0/s1. The molecule has 4 heterocycles. The van der Waals surface area contributed by atoms with Crippen LogP contribution in [0.3, 0.4) is 0 Å². The maximum Gasteiger partial charge on any atom is 0.257 e. The fraction of sp³-hybridized carbons (Fsp3) is 0.355. The predicted molar refractivity (Wildman–Crippen MR) is 150 cm³/mol. The quantitative estimate of drug-likeness (QED) is 0.245. The van der Waals surface area contributed by atoms with E-state index in [0.717, 1.165) is 29.5 Å². The highest BCUT2D eigenvalue weighted by molar-refractivity contribution is 6.02. The van der Waals surface area contributed by atoms with Crippen LogP contribution in [0.5, 0.6) is 5.75 Å². The van der Waals surface area contributed by atoms with Crippen molar-refractivity contribution in [2.24, 2.45) is 5.41 Å². The summed E-state index contributed by atoms with van der Waals surface area (Å²) in [5.74, 6) is -4.99. The summed E-state index contributed by atoms with van der Waals surface area (Å²) in [6.07, 6.45) is 5.56. The van der Waals surface area contributed by atoms with Gasteiger partial charge in [-0.3, -0.25) is 14.6 Å². The van der Waals surface area contributed by atoms with E-state index in [2.05, 4.69) is 25.8 Å². The Bertz CT molecular complexity index is 1720. The highest BCUT2D eigenvalue weighted by atomic mass is 19.2. The highest BCUT2D eigenvalue weighted by Gasteiger charge is 2.58. The number of aromatic nitrogens is 3. The summed E-state index contributed by atoms with van der Waals surface area (Å²) in [6, 6.07) is 1.83. The molecule has 2 aliphatic rings. The number of hydrogen-bond donors (Lipinski definition) is 3. The van der Waals surface area contributed by atoms with Gasteiger partial charge in [-0.15, -0.1) is 0 Å². The molecular formula is C31H30F3N5O4. The number of hydrogen-bond acceptors (Lipinski definition) is 6. The number of H-pyrrole nitrogens is 1. The minimum atomic E-state index is -1.28. The normalized spacial score (nSPS) is 17.3. The minimum Gasteiger partial charge on any atom is -0.493 e. The molecule has 224 valence electrons. The number of carbonyl (C=O) groups is 2. The van der Waals surface area contributed by atoms with E-state index in [1.165, 1.54) is 12.5 Å². The second-order valence-corrected chi connectivity index (χ2v) is 11.7. The smallest absolute Gasteiger partial charge is 0.257 e. The molecule has 12 heteroatoms. The third-order valence-corrected chi connectivity index (χ3v) is 8.37. The molecule has 1 fully saturated rings. The zero-order valence-corrected chi connectivity index (χ0v) is 24.0. The van der Waals surface area contributed by atoms with Gasteiger partial charge in [0.25, 0.3) is 5.91 Å². The number of rotatable bonds is 7. The van der Waals surface area contributed by atoms with Gasteiger partial charge in [0.1, 0.15) is 29.3 Å². The first kappa shape index (κ1) is 28.5. The van der Waals surface area contributed by atoms with Crippen molar-refractivity contribution in [3.05, 3.63) is 82.4 Å². The van der Waals surface area contributed by atoms with E-state index < -0.39 is 46.6 Å². The highest BCUT2D eigenvalue weighted by Crippen LogP contribution is 2.61. The average molecular weight is 594 g/mol. The Hall–Kier alpha value is -4.61. The molecule has 9 nitrogen and oxygen atoms in total. The number of nitrogens with zero attached hydrogens (tertiary/aromatic N) is 2. The molecule has 43 heavy (non-hydrogen) atoms. The van der Waals surface area contributed by atoms with Crippen LogP contribution < -0.4 is 15.4 Å². The first-order valence-corrected chi connectivity index (χ1v) is 14.0. The van der Waals surface area contributed by atoms with Gasteiger partial charge in [-0.1, -0.05) is 19.0 Å². The third kappa shape index (κ3) is 5.04. The van der Waals surface area contributed by atoms with E-state index in [9.17, 15) is 18.4 Å². The van der Waals surface area contributed by atoms with E-state index >= 15 is 4.39 Å². The van der Waals surface area contributed by atoms with Crippen molar-refractivity contribution in [3.63, 3.8) is 0 Å². The van der Waals surface area contributed by atoms with Gasteiger partial charge in [0, 0.05) is 46.5 Å². The van der Waals surface area contributed by atoms with Gasteiger partial charge >= 0.3 is 0 Å². The largest absolute Gasteiger partial charge is 0.493 e. The zero-order valence-electron chi connectivity index (χ0n) is 24.0. The van der Waals surface area contributed by atoms with E-state index in [0.29, 0.717) is 24.1 Å². The Kier molecular flexibility index (Phi) is 7.02. The number of aryl methyl sites for hydroxylation is 2. The number of nitrogens with one attached hydrogen (secondary N) is 3. The van der Waals surface area contributed by atoms with Crippen molar-refractivity contribution in [1.29, 1.82) is 0 Å². The Labute approximate surface area is 245 Å². The summed E-state index contributed by atoms with van der Waals surface area (Å²) in [5.41, 5.74) is 2.57. The lowest BCUT2D eigenvalue weighted by Crippen LogP contribution is -2.52. The lowest BCUT2D eigenvalue weighted by Gasteiger charge is -2.38. The molecule has 0 bridgehead atoms. The van der Waals surface area contributed by atoms with Crippen LogP contribution in [0.1, 0.15) is 71.4 Å². The topological polar surface area (TPSA) is 122 Å². The van der Waals surface area contributed by atoms with Crippen LogP contribution in [0, 0.1) is 36.7 Å². The van der Waals surface area contributed by atoms with Crippen LogP contribution in [0.4, 0.5) is 18.9 Å². The van der Waals surface area contributed by atoms with Crippen LogP contribution >= 0.6 is 0 Å². The van der Waals surface area contributed by atoms with Gasteiger partial charge in [0.2, 0.25) is 5.91 Å². The van der Waals surface area contributed by atoms with E-state index in [-0.39, 0.29) is 40.8 Å². The molecule has 1 aliphatic heterocycles. The van der Waals surface area contributed by atoms with Crippen molar-refractivity contribution in [1.82, 2.24) is 20.4 Å². The number of amides is 2. The van der Waals surface area contributed by atoms with Gasteiger partial charge in [-0.05, 0) is 44.2 Å². The number of fused-ring (bicyclic) bond motifs is 1. The van der Waals surface area contributed by atoms with Crippen LogP contribution in [0.25, 0.3) is 11.3 Å². The van der Waals surface area contributed by atoms with Gasteiger partial charge in [0.15, 0.2) is 17.5 Å². The first-order valence-electron chi connectivity index (χ1n) is 14.0. The number of halogens is 3. The number of benzene rings is 1. The molecule has 3 aromatic heterocycles. The Morgan fingerprint density at radius 3 is 2.49 bits per heavy atom. The molecule has 4 aromatic rings. The SMILES string of the molecule is Cc1c[nH]c(C)c1-c1ncc(NC(=O)[C@@H](NC(=O)c2conc2C(C)C)C2c3cc(F)c(F)cc3OCC23CC3)cc1F. The predicted octanol–water partition coefficient (Wildman–Crippen LogP) is 5.92. The maximum absolute atomic E-state index is 15.3. The first-order chi connectivity index (χ1) is 20.5. The summed E-state index contributed by atoms with van der Waals surface area (Å²) in [6.45, 7) is 7.47. The zero-order chi connectivity index (χ0) is 30.6. The summed E-state index contributed by atoms with van der Waals surface area (Å²) < 4.78 is 54.9. The molecule has 2 atom stereocenters. The van der Waals surface area contributed by atoms with Crippen molar-refractivity contribution in [3.8, 4) is 17.0 Å². The molecule has 1 saturated carbocycles. The molecule has 1 unspecified atom stereocenters. The molecule has 1 aromatic carbocycles. The molecule has 0 saturated heterocycles. The van der Waals surface area contributed by atoms with Crippen LogP contribution in [-0.2, 0) is 4.79 Å². The number of aromatic amines is 1. The molecule has 0 radical (unpaired) electrons. The van der Waals surface area contributed by atoms with Crippen LogP contribution in [0.15, 0.2) is 41.4 Å².